The van der Waals surface area contributed by atoms with Gasteiger partial charge in [0, 0.05) is 30.0 Å². The van der Waals surface area contributed by atoms with Crippen molar-refractivity contribution in [3.05, 3.63) is 23.1 Å². The number of thiophene rings is 1. The quantitative estimate of drug-likeness (QED) is 0.676. The zero-order valence-corrected chi connectivity index (χ0v) is 15.2. The highest BCUT2D eigenvalue weighted by atomic mass is 32.1. The molecule has 1 heterocycles. The minimum absolute atomic E-state index is 0.0101. The normalized spacial score (nSPS) is 9.96. The standard InChI is InChI=1S/C16H18O4S.C2H6/c1-4-11(17)5-6-12(18)16-8-10-7-13(19-2)14(20-3)9-15(10)21-16;1-2/h7-9H,4-6H2,1-3H3;1-2H3. The van der Waals surface area contributed by atoms with Gasteiger partial charge in [0.15, 0.2) is 17.3 Å². The van der Waals surface area contributed by atoms with Crippen molar-refractivity contribution in [2.45, 2.75) is 40.0 Å². The van der Waals surface area contributed by atoms with Crippen LogP contribution in [0.1, 0.15) is 49.7 Å². The average Bonchev–Trinajstić information content (AvgIpc) is 3.02. The lowest BCUT2D eigenvalue weighted by molar-refractivity contribution is -0.118. The molecule has 2 aromatic rings. The third kappa shape index (κ3) is 4.79. The van der Waals surface area contributed by atoms with Crippen molar-refractivity contribution in [2.24, 2.45) is 0 Å². The van der Waals surface area contributed by atoms with Crippen molar-refractivity contribution < 1.29 is 19.1 Å². The molecule has 23 heavy (non-hydrogen) atoms. The molecular formula is C18H24O4S. The maximum absolute atomic E-state index is 12.1. The fourth-order valence-electron chi connectivity index (χ4n) is 2.06. The number of carbonyl (C=O) groups excluding carboxylic acids is 2. The van der Waals surface area contributed by atoms with E-state index >= 15 is 0 Å². The Hall–Kier alpha value is -1.88. The molecule has 0 saturated carbocycles. The van der Waals surface area contributed by atoms with Crippen LogP contribution in [0.15, 0.2) is 18.2 Å². The molecule has 126 valence electrons. The van der Waals surface area contributed by atoms with Gasteiger partial charge in [-0.15, -0.1) is 11.3 Å². The van der Waals surface area contributed by atoms with Crippen LogP contribution >= 0.6 is 11.3 Å². The minimum Gasteiger partial charge on any atom is -0.493 e. The Balaban J connectivity index is 0.00000127. The molecule has 4 nitrogen and oxygen atoms in total. The predicted octanol–water partition coefficient (Wildman–Crippen LogP) is 4.89. The Labute approximate surface area is 141 Å². The van der Waals surface area contributed by atoms with E-state index in [1.165, 1.54) is 11.3 Å². The van der Waals surface area contributed by atoms with Gasteiger partial charge in [-0.05, 0) is 17.5 Å². The molecule has 0 aliphatic carbocycles. The van der Waals surface area contributed by atoms with Crippen LogP contribution in [0.4, 0.5) is 0 Å². The molecule has 1 aromatic heterocycles. The van der Waals surface area contributed by atoms with Crippen LogP contribution in [0.5, 0.6) is 11.5 Å². The maximum Gasteiger partial charge on any atom is 0.173 e. The number of ether oxygens (including phenoxy) is 2. The number of Topliss-reactive ketones (excluding diaryl/α,β-unsaturated/α-hetero) is 2. The smallest absolute Gasteiger partial charge is 0.173 e. The summed E-state index contributed by atoms with van der Waals surface area (Å²) in [6, 6.07) is 5.58. The van der Waals surface area contributed by atoms with Gasteiger partial charge in [0.1, 0.15) is 5.78 Å². The molecule has 0 amide bonds. The molecule has 0 aliphatic rings. The van der Waals surface area contributed by atoms with E-state index in [1.807, 2.05) is 39.0 Å². The summed E-state index contributed by atoms with van der Waals surface area (Å²) in [5.74, 6) is 1.42. The summed E-state index contributed by atoms with van der Waals surface area (Å²) in [6.07, 6.45) is 1.07. The molecule has 0 aliphatic heterocycles. The van der Waals surface area contributed by atoms with Gasteiger partial charge in [-0.3, -0.25) is 9.59 Å². The third-order valence-corrected chi connectivity index (χ3v) is 4.46. The summed E-state index contributed by atoms with van der Waals surface area (Å²) in [6.45, 7) is 5.81. The Morgan fingerprint density at radius 2 is 1.61 bits per heavy atom. The van der Waals surface area contributed by atoms with Crippen molar-refractivity contribution in [1.82, 2.24) is 0 Å². The molecule has 0 spiro atoms. The lowest BCUT2D eigenvalue weighted by atomic mass is 10.1. The van der Waals surface area contributed by atoms with Crippen LogP contribution in [0.2, 0.25) is 0 Å². The summed E-state index contributed by atoms with van der Waals surface area (Å²) in [5.41, 5.74) is 0. The molecule has 5 heteroatoms. The first-order valence-corrected chi connectivity index (χ1v) is 8.61. The fourth-order valence-corrected chi connectivity index (χ4v) is 3.10. The molecule has 1 aromatic carbocycles. The van der Waals surface area contributed by atoms with Crippen molar-refractivity contribution in [1.29, 1.82) is 0 Å². The number of rotatable bonds is 7. The number of hydrogen-bond donors (Lipinski definition) is 0. The third-order valence-electron chi connectivity index (χ3n) is 3.32. The molecule has 2 rings (SSSR count). The van der Waals surface area contributed by atoms with Gasteiger partial charge >= 0.3 is 0 Å². The molecule has 0 fully saturated rings. The van der Waals surface area contributed by atoms with Gasteiger partial charge in [-0.1, -0.05) is 20.8 Å². The van der Waals surface area contributed by atoms with Crippen molar-refractivity contribution in [2.75, 3.05) is 14.2 Å². The molecule has 0 unspecified atom stereocenters. The summed E-state index contributed by atoms with van der Waals surface area (Å²) >= 11 is 1.42. The summed E-state index contributed by atoms with van der Waals surface area (Å²) < 4.78 is 11.5. The van der Waals surface area contributed by atoms with E-state index in [1.54, 1.807) is 14.2 Å². The Morgan fingerprint density at radius 1 is 1.00 bits per heavy atom. The van der Waals surface area contributed by atoms with E-state index < -0.39 is 0 Å². The minimum atomic E-state index is 0.0101. The average molecular weight is 336 g/mol. The van der Waals surface area contributed by atoms with Crippen LogP contribution < -0.4 is 9.47 Å². The summed E-state index contributed by atoms with van der Waals surface area (Å²) in [5, 5.41) is 0.947. The van der Waals surface area contributed by atoms with E-state index in [9.17, 15) is 9.59 Å². The number of ketones is 2. The molecule has 0 atom stereocenters. The van der Waals surface area contributed by atoms with E-state index in [2.05, 4.69) is 0 Å². The van der Waals surface area contributed by atoms with Crippen LogP contribution in [-0.2, 0) is 4.79 Å². The highest BCUT2D eigenvalue weighted by Crippen LogP contribution is 2.36. The molecular weight excluding hydrogens is 312 g/mol. The summed E-state index contributed by atoms with van der Waals surface area (Å²) in [4.78, 5) is 24.1. The predicted molar refractivity (Wildman–Crippen MR) is 95.1 cm³/mol. The van der Waals surface area contributed by atoms with E-state index in [-0.39, 0.29) is 18.0 Å². The first kappa shape index (κ1) is 19.2. The highest BCUT2D eigenvalue weighted by Gasteiger charge is 2.14. The number of benzene rings is 1. The first-order valence-electron chi connectivity index (χ1n) is 7.79. The Kier molecular flexibility index (Phi) is 7.75. The van der Waals surface area contributed by atoms with Gasteiger partial charge in [0.25, 0.3) is 0 Å². The van der Waals surface area contributed by atoms with Gasteiger partial charge in [0.05, 0.1) is 19.1 Å². The number of fused-ring (bicyclic) bond motifs is 1. The second-order valence-electron chi connectivity index (χ2n) is 4.67. The zero-order valence-electron chi connectivity index (χ0n) is 14.4. The summed E-state index contributed by atoms with van der Waals surface area (Å²) in [7, 11) is 3.16. The SMILES string of the molecule is CC.CCC(=O)CCC(=O)c1cc2cc(OC)c(OC)cc2s1. The molecule has 0 saturated heterocycles. The number of hydrogen-bond acceptors (Lipinski definition) is 5. The van der Waals surface area contributed by atoms with Crippen LogP contribution in [0.3, 0.4) is 0 Å². The van der Waals surface area contributed by atoms with Gasteiger partial charge < -0.3 is 9.47 Å². The number of methoxy groups -OCH3 is 2. The lowest BCUT2D eigenvalue weighted by Gasteiger charge is -2.06. The van der Waals surface area contributed by atoms with Crippen molar-refractivity contribution in [3.63, 3.8) is 0 Å². The van der Waals surface area contributed by atoms with E-state index in [4.69, 9.17) is 9.47 Å². The zero-order chi connectivity index (χ0) is 17.4. The fraction of sp³-hybridized carbons (Fsp3) is 0.444. The van der Waals surface area contributed by atoms with Crippen molar-refractivity contribution in [3.8, 4) is 11.5 Å². The molecule has 0 N–H and O–H groups in total. The molecule has 0 bridgehead atoms. The lowest BCUT2D eigenvalue weighted by Crippen LogP contribution is -2.01. The monoisotopic (exact) mass is 336 g/mol. The Bertz CT molecular complexity index is 632. The second kappa shape index (κ2) is 9.30. The second-order valence-corrected chi connectivity index (χ2v) is 5.75. The van der Waals surface area contributed by atoms with Crippen LogP contribution in [0, 0.1) is 0 Å². The highest BCUT2D eigenvalue weighted by molar-refractivity contribution is 7.20. The number of carbonyl (C=O) groups is 2. The first-order chi connectivity index (χ1) is 11.1. The van der Waals surface area contributed by atoms with Gasteiger partial charge in [-0.25, -0.2) is 0 Å². The van der Waals surface area contributed by atoms with Gasteiger partial charge in [0.2, 0.25) is 0 Å². The van der Waals surface area contributed by atoms with Crippen molar-refractivity contribution >= 4 is 33.0 Å². The molecule has 0 radical (unpaired) electrons. The van der Waals surface area contributed by atoms with Crippen LogP contribution in [-0.4, -0.2) is 25.8 Å². The Morgan fingerprint density at radius 3 is 2.17 bits per heavy atom. The van der Waals surface area contributed by atoms with Crippen LogP contribution in [0.25, 0.3) is 10.1 Å². The largest absolute Gasteiger partial charge is 0.493 e. The topological polar surface area (TPSA) is 52.6 Å². The van der Waals surface area contributed by atoms with Gasteiger partial charge in [-0.2, -0.15) is 0 Å². The van der Waals surface area contributed by atoms with E-state index in [0.29, 0.717) is 29.2 Å². The van der Waals surface area contributed by atoms with E-state index in [0.717, 1.165) is 10.1 Å². The maximum atomic E-state index is 12.1.